The van der Waals surface area contributed by atoms with Crippen molar-refractivity contribution >= 4 is 54.8 Å². The van der Waals surface area contributed by atoms with Crippen molar-refractivity contribution in [3.8, 4) is 11.1 Å². The zero-order valence-corrected chi connectivity index (χ0v) is 39.2. The van der Waals surface area contributed by atoms with Crippen LogP contribution in [0.15, 0.2) is 91.0 Å². The van der Waals surface area contributed by atoms with Crippen LogP contribution in [0.3, 0.4) is 0 Å². The molecule has 326 valence electrons. The second kappa shape index (κ2) is 19.2. The van der Waals surface area contributed by atoms with Crippen LogP contribution in [-0.4, -0.2) is 64.6 Å². The first-order valence-electron chi connectivity index (χ1n) is 21.8. The summed E-state index contributed by atoms with van der Waals surface area (Å²) in [5.74, 6) is -0.488. The van der Waals surface area contributed by atoms with Crippen LogP contribution in [0.1, 0.15) is 107 Å². The van der Waals surface area contributed by atoms with Gasteiger partial charge in [-0.15, -0.1) is 0 Å². The maximum Gasteiger partial charge on any atom is 0.338 e. The quantitative estimate of drug-likeness (QED) is 0.111. The summed E-state index contributed by atoms with van der Waals surface area (Å²) in [5, 5.41) is 3.77. The number of amides is 1. The maximum absolute atomic E-state index is 14.1. The van der Waals surface area contributed by atoms with Gasteiger partial charge in [-0.1, -0.05) is 50.6 Å². The molecule has 2 fully saturated rings. The van der Waals surface area contributed by atoms with E-state index in [2.05, 4.69) is 55.0 Å². The summed E-state index contributed by atoms with van der Waals surface area (Å²) in [6, 6.07) is 29.5. The van der Waals surface area contributed by atoms with Crippen LogP contribution in [0.2, 0.25) is 23.2 Å². The largest absolute Gasteiger partial charge is 0.466 e. The van der Waals surface area contributed by atoms with Crippen LogP contribution in [0.4, 0.5) is 17.1 Å². The van der Waals surface area contributed by atoms with Crippen molar-refractivity contribution in [2.75, 3.05) is 47.9 Å². The maximum atomic E-state index is 14.1. The fraction of sp³-hybridized carbons (Fsp3) is 0.460. The summed E-state index contributed by atoms with van der Waals surface area (Å²) in [6.45, 7) is 22.5. The topological polar surface area (TPSA) is 97.4 Å². The SMILES string of the molecule is CCOC(=O)C1CCN(c2ccc(NC(=O)c3ccc(-c4ccc(Cl)cc4)c([C@H](O[Si](C)(C)C(C)(C)C)C4CCN(c5ccc(C(=O)OC(C)(C)C)cc5)CC4)c3)cc2)CC1. The predicted octanol–water partition coefficient (Wildman–Crippen LogP) is 12.0. The molecule has 4 aromatic rings. The van der Waals surface area contributed by atoms with Crippen molar-refractivity contribution in [1.82, 2.24) is 0 Å². The van der Waals surface area contributed by atoms with Crippen LogP contribution in [0.25, 0.3) is 11.1 Å². The Balaban J connectivity index is 1.25. The lowest BCUT2D eigenvalue weighted by atomic mass is 9.83. The van der Waals surface area contributed by atoms with Gasteiger partial charge in [0.15, 0.2) is 8.32 Å². The molecule has 0 aromatic heterocycles. The summed E-state index contributed by atoms with van der Waals surface area (Å²) in [7, 11) is -2.33. The molecule has 0 aliphatic carbocycles. The molecule has 0 bridgehead atoms. The van der Waals surface area contributed by atoms with Gasteiger partial charge in [0.25, 0.3) is 5.91 Å². The van der Waals surface area contributed by atoms with Crippen LogP contribution in [-0.2, 0) is 18.7 Å². The fourth-order valence-corrected chi connectivity index (χ4v) is 9.37. The molecule has 6 rings (SSSR count). The van der Waals surface area contributed by atoms with E-state index >= 15 is 0 Å². The van der Waals surface area contributed by atoms with Gasteiger partial charge in [0.05, 0.1) is 24.2 Å². The third kappa shape index (κ3) is 11.6. The van der Waals surface area contributed by atoms with Crippen LogP contribution < -0.4 is 15.1 Å². The van der Waals surface area contributed by atoms with E-state index in [1.807, 2.05) is 113 Å². The zero-order valence-electron chi connectivity index (χ0n) is 37.5. The molecule has 4 aromatic carbocycles. The number of esters is 2. The van der Waals surface area contributed by atoms with Gasteiger partial charge in [0, 0.05) is 53.8 Å². The molecule has 2 aliphatic heterocycles. The molecular formula is C50H64ClN3O6Si. The Bertz CT molecular complexity index is 2130. The Morgan fingerprint density at radius 1 is 0.754 bits per heavy atom. The first kappa shape index (κ1) is 45.9. The Morgan fingerprint density at radius 3 is 1.84 bits per heavy atom. The number of benzene rings is 4. The smallest absolute Gasteiger partial charge is 0.338 e. The van der Waals surface area contributed by atoms with Gasteiger partial charge >= 0.3 is 11.9 Å². The van der Waals surface area contributed by atoms with Crippen molar-refractivity contribution < 1.29 is 28.3 Å². The second-order valence-electron chi connectivity index (χ2n) is 19.0. The molecule has 11 heteroatoms. The van der Waals surface area contributed by atoms with E-state index in [1.165, 1.54) is 0 Å². The van der Waals surface area contributed by atoms with Crippen LogP contribution >= 0.6 is 11.6 Å². The molecule has 0 spiro atoms. The summed E-state index contributed by atoms with van der Waals surface area (Å²) >= 11 is 6.38. The van der Waals surface area contributed by atoms with E-state index in [4.69, 9.17) is 25.5 Å². The third-order valence-corrected chi connectivity index (χ3v) is 17.2. The first-order chi connectivity index (χ1) is 28.8. The number of hydrogen-bond donors (Lipinski definition) is 1. The zero-order chi connectivity index (χ0) is 44.1. The van der Waals surface area contributed by atoms with Crippen molar-refractivity contribution in [2.45, 2.75) is 104 Å². The second-order valence-corrected chi connectivity index (χ2v) is 24.2. The molecule has 1 atom stereocenters. The summed E-state index contributed by atoms with van der Waals surface area (Å²) < 4.78 is 18.3. The number of rotatable bonds is 12. The average molecular weight is 867 g/mol. The van der Waals surface area contributed by atoms with Crippen molar-refractivity contribution in [2.24, 2.45) is 11.8 Å². The monoisotopic (exact) mass is 865 g/mol. The van der Waals surface area contributed by atoms with E-state index in [-0.39, 0.29) is 40.8 Å². The highest BCUT2D eigenvalue weighted by atomic mass is 35.5. The van der Waals surface area contributed by atoms with Gasteiger partial charge in [-0.05, 0) is 167 Å². The number of halogens is 1. The number of ether oxygens (including phenoxy) is 2. The Morgan fingerprint density at radius 2 is 1.30 bits per heavy atom. The summed E-state index contributed by atoms with van der Waals surface area (Å²) in [5.41, 5.74) is 6.41. The summed E-state index contributed by atoms with van der Waals surface area (Å²) in [6.07, 6.45) is 3.03. The molecule has 2 aliphatic rings. The first-order valence-corrected chi connectivity index (χ1v) is 25.1. The lowest BCUT2D eigenvalue weighted by molar-refractivity contribution is -0.148. The van der Waals surface area contributed by atoms with E-state index < -0.39 is 13.9 Å². The number of anilines is 3. The minimum Gasteiger partial charge on any atom is -0.466 e. The van der Waals surface area contributed by atoms with Gasteiger partial charge in [-0.2, -0.15) is 0 Å². The highest BCUT2D eigenvalue weighted by molar-refractivity contribution is 6.74. The van der Waals surface area contributed by atoms with E-state index in [1.54, 1.807) is 0 Å². The highest BCUT2D eigenvalue weighted by Crippen LogP contribution is 2.46. The average Bonchev–Trinajstić information content (AvgIpc) is 3.22. The van der Waals surface area contributed by atoms with Gasteiger partial charge in [-0.3, -0.25) is 9.59 Å². The molecule has 0 saturated carbocycles. The highest BCUT2D eigenvalue weighted by Gasteiger charge is 2.42. The molecular weight excluding hydrogens is 802 g/mol. The molecule has 0 radical (unpaired) electrons. The fourth-order valence-electron chi connectivity index (χ4n) is 7.94. The number of hydrogen-bond acceptors (Lipinski definition) is 8. The van der Waals surface area contributed by atoms with Gasteiger partial charge in [0.2, 0.25) is 0 Å². The van der Waals surface area contributed by atoms with Crippen LogP contribution in [0.5, 0.6) is 0 Å². The number of carbonyl (C=O) groups is 3. The standard InChI is InChI=1S/C50H64ClN3O6Si/c1-10-58-47(56)37-27-31-54(32-28-37)42-22-18-40(19-23-42)52-46(55)38-15-24-43(34-11-16-39(51)17-12-34)44(33-38)45(60-61(8,9)50(5,6)7)35-25-29-53(30-26-35)41-20-13-36(14-21-41)48(57)59-49(2,3)4/h11-24,33,35,37,45H,10,25-32H2,1-9H3,(H,52,55)/t45-/m1/s1. The third-order valence-electron chi connectivity index (χ3n) is 12.4. The molecule has 9 nitrogen and oxygen atoms in total. The van der Waals surface area contributed by atoms with E-state index in [9.17, 15) is 14.4 Å². The molecule has 1 amide bonds. The van der Waals surface area contributed by atoms with Crippen molar-refractivity contribution in [1.29, 1.82) is 0 Å². The van der Waals surface area contributed by atoms with Gasteiger partial charge in [-0.25, -0.2) is 4.79 Å². The minimum absolute atomic E-state index is 0.0414. The predicted molar refractivity (Wildman–Crippen MR) is 250 cm³/mol. The molecule has 0 unspecified atom stereocenters. The van der Waals surface area contributed by atoms with Crippen molar-refractivity contribution in [3.63, 3.8) is 0 Å². The molecule has 1 N–H and O–H groups in total. The lowest BCUT2D eigenvalue weighted by Crippen LogP contribution is -2.45. The minimum atomic E-state index is -2.33. The Labute approximate surface area is 369 Å². The number of nitrogens with zero attached hydrogens (tertiary/aromatic N) is 2. The Hall–Kier alpha value is -4.64. The van der Waals surface area contributed by atoms with E-state index in [0.717, 1.165) is 79.9 Å². The van der Waals surface area contributed by atoms with E-state index in [0.29, 0.717) is 28.4 Å². The molecule has 61 heavy (non-hydrogen) atoms. The number of carbonyl (C=O) groups excluding carboxylic acids is 3. The molecule has 2 saturated heterocycles. The van der Waals surface area contributed by atoms with Gasteiger partial charge < -0.3 is 29.0 Å². The molecule has 2 heterocycles. The lowest BCUT2D eigenvalue weighted by Gasteiger charge is -2.44. The normalized spacial score (nSPS) is 16.2. The summed E-state index contributed by atoms with van der Waals surface area (Å²) in [4.78, 5) is 43.7. The number of piperidine rings is 2. The van der Waals surface area contributed by atoms with Crippen LogP contribution in [0, 0.1) is 11.8 Å². The number of nitrogens with one attached hydrogen (secondary N) is 1. The van der Waals surface area contributed by atoms with Gasteiger partial charge in [0.1, 0.15) is 5.60 Å². The Kier molecular flexibility index (Phi) is 14.4. The van der Waals surface area contributed by atoms with Crippen molar-refractivity contribution in [3.05, 3.63) is 113 Å².